The molecule has 0 fully saturated rings. The third kappa shape index (κ3) is 2.59. The first kappa shape index (κ1) is 11.5. The Morgan fingerprint density at radius 3 is 3.06 bits per heavy atom. The molecule has 0 saturated heterocycles. The van der Waals surface area contributed by atoms with Crippen LogP contribution in [0.5, 0.6) is 5.88 Å². The van der Waals surface area contributed by atoms with Crippen molar-refractivity contribution in [2.24, 2.45) is 5.73 Å². The highest BCUT2D eigenvalue weighted by atomic mass is 16.5. The van der Waals surface area contributed by atoms with Gasteiger partial charge >= 0.3 is 0 Å². The van der Waals surface area contributed by atoms with Crippen LogP contribution in [0, 0.1) is 0 Å². The molecule has 1 unspecified atom stereocenters. The molecule has 0 aliphatic carbocycles. The smallest absolute Gasteiger partial charge is 0.263 e. The Morgan fingerprint density at radius 1 is 1.53 bits per heavy atom. The first-order valence-electron chi connectivity index (χ1n) is 5.28. The zero-order chi connectivity index (χ0) is 12.3. The molecular weight excluding hydrogens is 220 g/mol. The molecule has 0 aliphatic heterocycles. The number of pyridine rings is 1. The topological polar surface area (TPSA) is 87.1 Å². The van der Waals surface area contributed by atoms with Gasteiger partial charge in [0.2, 0.25) is 5.88 Å². The highest BCUT2D eigenvalue weighted by Crippen LogP contribution is 2.25. The summed E-state index contributed by atoms with van der Waals surface area (Å²) in [5.41, 5.74) is 6.35. The van der Waals surface area contributed by atoms with Gasteiger partial charge in [0.25, 0.3) is 5.89 Å². The van der Waals surface area contributed by atoms with Crippen LogP contribution in [0.1, 0.15) is 12.7 Å². The van der Waals surface area contributed by atoms with Crippen molar-refractivity contribution in [2.75, 3.05) is 7.11 Å². The highest BCUT2D eigenvalue weighted by molar-refractivity contribution is 5.59. The maximum absolute atomic E-state index is 5.67. The van der Waals surface area contributed by atoms with Crippen LogP contribution in [0.2, 0.25) is 0 Å². The lowest BCUT2D eigenvalue weighted by atomic mass is 10.2. The number of nitrogens with zero attached hydrogens (tertiary/aromatic N) is 3. The summed E-state index contributed by atoms with van der Waals surface area (Å²) in [4.78, 5) is 8.32. The number of aromatic nitrogens is 3. The standard InChI is InChI=1S/C11H14N4O2/c1-7(12)6-9-14-11(17-15-9)8-4-3-5-13-10(8)16-2/h3-5,7H,6,12H2,1-2H3. The van der Waals surface area contributed by atoms with Crippen LogP contribution in [-0.2, 0) is 6.42 Å². The van der Waals surface area contributed by atoms with Crippen molar-refractivity contribution in [1.82, 2.24) is 15.1 Å². The Labute approximate surface area is 98.8 Å². The van der Waals surface area contributed by atoms with E-state index in [0.29, 0.717) is 29.6 Å². The summed E-state index contributed by atoms with van der Waals surface area (Å²) in [7, 11) is 1.55. The van der Waals surface area contributed by atoms with Gasteiger partial charge in [-0.3, -0.25) is 0 Å². The van der Waals surface area contributed by atoms with E-state index < -0.39 is 0 Å². The van der Waals surface area contributed by atoms with Crippen LogP contribution in [-0.4, -0.2) is 28.3 Å². The van der Waals surface area contributed by atoms with Crippen molar-refractivity contribution in [3.8, 4) is 17.3 Å². The van der Waals surface area contributed by atoms with Gasteiger partial charge in [-0.2, -0.15) is 4.98 Å². The molecule has 6 nitrogen and oxygen atoms in total. The van der Waals surface area contributed by atoms with Gasteiger partial charge in [0.15, 0.2) is 5.82 Å². The lowest BCUT2D eigenvalue weighted by Crippen LogP contribution is -2.18. The van der Waals surface area contributed by atoms with Crippen molar-refractivity contribution in [3.63, 3.8) is 0 Å². The van der Waals surface area contributed by atoms with Crippen molar-refractivity contribution in [3.05, 3.63) is 24.2 Å². The van der Waals surface area contributed by atoms with Gasteiger partial charge in [0, 0.05) is 18.7 Å². The van der Waals surface area contributed by atoms with Crippen LogP contribution in [0.3, 0.4) is 0 Å². The molecule has 90 valence electrons. The Kier molecular flexibility index (Phi) is 3.34. The van der Waals surface area contributed by atoms with Crippen molar-refractivity contribution < 1.29 is 9.26 Å². The average molecular weight is 234 g/mol. The summed E-state index contributed by atoms with van der Waals surface area (Å²) < 4.78 is 10.3. The molecule has 0 aliphatic rings. The van der Waals surface area contributed by atoms with E-state index in [2.05, 4.69) is 15.1 Å². The third-order valence-corrected chi connectivity index (χ3v) is 2.17. The zero-order valence-electron chi connectivity index (χ0n) is 9.75. The lowest BCUT2D eigenvalue weighted by molar-refractivity contribution is 0.390. The van der Waals surface area contributed by atoms with Crippen LogP contribution in [0.4, 0.5) is 0 Å². The molecule has 0 amide bonds. The van der Waals surface area contributed by atoms with Crippen molar-refractivity contribution in [1.29, 1.82) is 0 Å². The summed E-state index contributed by atoms with van der Waals surface area (Å²) in [5, 5.41) is 3.86. The van der Waals surface area contributed by atoms with Gasteiger partial charge < -0.3 is 15.0 Å². The molecule has 1 atom stereocenters. The minimum absolute atomic E-state index is 0.00348. The largest absolute Gasteiger partial charge is 0.480 e. The molecular formula is C11H14N4O2. The minimum atomic E-state index is -0.00348. The molecule has 0 radical (unpaired) electrons. The van der Waals surface area contributed by atoms with E-state index in [0.717, 1.165) is 0 Å². The van der Waals surface area contributed by atoms with Gasteiger partial charge in [-0.25, -0.2) is 4.98 Å². The number of ether oxygens (including phenoxy) is 1. The molecule has 6 heteroatoms. The molecule has 2 N–H and O–H groups in total. The summed E-state index contributed by atoms with van der Waals surface area (Å²) in [6.45, 7) is 1.89. The quantitative estimate of drug-likeness (QED) is 0.850. The summed E-state index contributed by atoms with van der Waals surface area (Å²) >= 11 is 0. The Balaban J connectivity index is 2.30. The first-order valence-corrected chi connectivity index (χ1v) is 5.28. The Hall–Kier alpha value is -1.95. The van der Waals surface area contributed by atoms with E-state index in [-0.39, 0.29) is 6.04 Å². The minimum Gasteiger partial charge on any atom is -0.480 e. The Morgan fingerprint density at radius 2 is 2.35 bits per heavy atom. The van der Waals surface area contributed by atoms with E-state index in [9.17, 15) is 0 Å². The second-order valence-corrected chi connectivity index (χ2v) is 3.76. The second-order valence-electron chi connectivity index (χ2n) is 3.76. The summed E-state index contributed by atoms with van der Waals surface area (Å²) in [6, 6.07) is 3.60. The third-order valence-electron chi connectivity index (χ3n) is 2.17. The van der Waals surface area contributed by atoms with E-state index in [1.165, 1.54) is 0 Å². The van der Waals surface area contributed by atoms with Gasteiger partial charge in [0.05, 0.1) is 7.11 Å². The predicted molar refractivity (Wildman–Crippen MR) is 61.4 cm³/mol. The number of hydrogen-bond donors (Lipinski definition) is 1. The fourth-order valence-electron chi connectivity index (χ4n) is 1.45. The van der Waals surface area contributed by atoms with Crippen LogP contribution in [0.15, 0.2) is 22.9 Å². The second kappa shape index (κ2) is 4.92. The predicted octanol–water partition coefficient (Wildman–Crippen LogP) is 1.03. The zero-order valence-corrected chi connectivity index (χ0v) is 9.75. The first-order chi connectivity index (χ1) is 8.20. The molecule has 2 aromatic rings. The van der Waals surface area contributed by atoms with Gasteiger partial charge in [-0.1, -0.05) is 5.16 Å². The number of nitrogens with two attached hydrogens (primary N) is 1. The molecule has 17 heavy (non-hydrogen) atoms. The normalized spacial score (nSPS) is 12.4. The van der Waals surface area contributed by atoms with Gasteiger partial charge in [-0.15, -0.1) is 0 Å². The SMILES string of the molecule is COc1ncccc1-c1nc(CC(C)N)no1. The molecule has 0 spiro atoms. The van der Waals surface area contributed by atoms with E-state index in [1.54, 1.807) is 19.4 Å². The van der Waals surface area contributed by atoms with Crippen molar-refractivity contribution >= 4 is 0 Å². The highest BCUT2D eigenvalue weighted by Gasteiger charge is 2.14. The van der Waals surface area contributed by atoms with Crippen LogP contribution >= 0.6 is 0 Å². The number of methoxy groups -OCH3 is 1. The van der Waals surface area contributed by atoms with Gasteiger partial charge in [-0.05, 0) is 19.1 Å². The molecule has 2 aromatic heterocycles. The number of rotatable bonds is 4. The lowest BCUT2D eigenvalue weighted by Gasteiger charge is -2.01. The summed E-state index contributed by atoms with van der Waals surface area (Å²) in [5.74, 6) is 1.44. The Bertz CT molecular complexity index is 496. The molecule has 0 saturated carbocycles. The fraction of sp³-hybridized carbons (Fsp3) is 0.364. The maximum Gasteiger partial charge on any atom is 0.263 e. The average Bonchev–Trinajstić information content (AvgIpc) is 2.76. The molecule has 2 heterocycles. The van der Waals surface area contributed by atoms with Crippen LogP contribution < -0.4 is 10.5 Å². The van der Waals surface area contributed by atoms with E-state index in [4.69, 9.17) is 15.0 Å². The molecule has 0 aromatic carbocycles. The molecule has 2 rings (SSSR count). The maximum atomic E-state index is 5.67. The summed E-state index contributed by atoms with van der Waals surface area (Å²) in [6.07, 6.45) is 2.22. The fourth-order valence-corrected chi connectivity index (χ4v) is 1.45. The van der Waals surface area contributed by atoms with E-state index >= 15 is 0 Å². The van der Waals surface area contributed by atoms with Crippen LogP contribution in [0.25, 0.3) is 11.5 Å². The molecule has 0 bridgehead atoms. The van der Waals surface area contributed by atoms with Gasteiger partial charge in [0.1, 0.15) is 5.56 Å². The number of hydrogen-bond acceptors (Lipinski definition) is 6. The van der Waals surface area contributed by atoms with Crippen molar-refractivity contribution in [2.45, 2.75) is 19.4 Å². The van der Waals surface area contributed by atoms with E-state index in [1.807, 2.05) is 13.0 Å². The monoisotopic (exact) mass is 234 g/mol.